The quantitative estimate of drug-likeness (QED) is 0.294. The number of hydrogen-bond donors (Lipinski definition) is 1. The van der Waals surface area contributed by atoms with E-state index in [2.05, 4.69) is 0 Å². The molecule has 0 radical (unpaired) electrons. The lowest BCUT2D eigenvalue weighted by Crippen LogP contribution is -2.08. The molecule has 2 aromatic rings. The van der Waals surface area contributed by atoms with Gasteiger partial charge in [0, 0.05) is 12.2 Å². The molecule has 2 rings (SSSR count). The fraction of sp³-hybridized carbons (Fsp3) is 0.174. The van der Waals surface area contributed by atoms with Gasteiger partial charge in [-0.2, -0.15) is 0 Å². The van der Waals surface area contributed by atoms with Crippen molar-refractivity contribution in [1.29, 1.82) is 0 Å². The lowest BCUT2D eigenvalue weighted by Gasteiger charge is -2.06. The first-order valence-corrected chi connectivity index (χ1v) is 9.16. The highest BCUT2D eigenvalue weighted by molar-refractivity contribution is 5.91. The van der Waals surface area contributed by atoms with E-state index < -0.39 is 17.9 Å². The summed E-state index contributed by atoms with van der Waals surface area (Å²) < 4.78 is 10.4. The van der Waals surface area contributed by atoms with E-state index in [1.807, 2.05) is 6.92 Å². The molecule has 0 heterocycles. The van der Waals surface area contributed by atoms with Gasteiger partial charge in [0.1, 0.15) is 5.75 Å². The van der Waals surface area contributed by atoms with E-state index in [0.717, 1.165) is 30.0 Å². The Kier molecular flexibility index (Phi) is 8.38. The molecule has 0 bridgehead atoms. The van der Waals surface area contributed by atoms with Gasteiger partial charge in [0.15, 0.2) is 0 Å². The Bertz CT molecular complexity index is 909. The van der Waals surface area contributed by atoms with Crippen LogP contribution in [0.5, 0.6) is 5.75 Å². The van der Waals surface area contributed by atoms with Crippen molar-refractivity contribution in [2.45, 2.75) is 19.8 Å². The molecule has 0 aliphatic heterocycles. The zero-order valence-electron chi connectivity index (χ0n) is 16.0. The number of benzene rings is 2. The molecule has 0 aliphatic carbocycles. The number of esters is 2. The SMILES string of the molecule is CCCCOC(=O)c1cccc(OC(=O)/C=C/c2ccc(/C=C/C(=O)O)cc2)c1. The second-order valence-electron chi connectivity index (χ2n) is 6.11. The molecule has 6 heteroatoms. The molecule has 0 atom stereocenters. The first-order chi connectivity index (χ1) is 14.0. The number of carboxylic acids is 1. The minimum Gasteiger partial charge on any atom is -0.478 e. The maximum atomic E-state index is 12.0. The van der Waals surface area contributed by atoms with Crippen molar-refractivity contribution in [3.8, 4) is 5.75 Å². The minimum absolute atomic E-state index is 0.249. The highest BCUT2D eigenvalue weighted by Crippen LogP contribution is 2.15. The number of carboxylic acid groups (broad SMARTS) is 1. The van der Waals surface area contributed by atoms with Gasteiger partial charge in [-0.1, -0.05) is 43.7 Å². The van der Waals surface area contributed by atoms with Gasteiger partial charge in [-0.05, 0) is 47.9 Å². The molecule has 0 aliphatic rings. The van der Waals surface area contributed by atoms with Crippen LogP contribution in [0.3, 0.4) is 0 Å². The van der Waals surface area contributed by atoms with Crippen molar-refractivity contribution < 1.29 is 29.0 Å². The molecule has 0 fully saturated rings. The summed E-state index contributed by atoms with van der Waals surface area (Å²) in [5.74, 6) is -1.81. The summed E-state index contributed by atoms with van der Waals surface area (Å²) in [7, 11) is 0. The Balaban J connectivity index is 1.94. The van der Waals surface area contributed by atoms with E-state index in [4.69, 9.17) is 14.6 Å². The number of carbonyl (C=O) groups is 3. The Labute approximate surface area is 169 Å². The van der Waals surface area contributed by atoms with Crippen molar-refractivity contribution in [1.82, 2.24) is 0 Å². The maximum Gasteiger partial charge on any atom is 0.338 e. The van der Waals surface area contributed by atoms with Crippen molar-refractivity contribution in [2.75, 3.05) is 6.61 Å². The molecule has 0 spiro atoms. The lowest BCUT2D eigenvalue weighted by atomic mass is 10.1. The molecule has 0 saturated heterocycles. The molecule has 29 heavy (non-hydrogen) atoms. The van der Waals surface area contributed by atoms with E-state index in [-0.39, 0.29) is 5.75 Å². The summed E-state index contributed by atoms with van der Waals surface area (Å²) in [6, 6.07) is 13.2. The van der Waals surface area contributed by atoms with E-state index in [1.165, 1.54) is 18.2 Å². The van der Waals surface area contributed by atoms with E-state index in [1.54, 1.807) is 48.5 Å². The molecule has 0 saturated carbocycles. The zero-order valence-corrected chi connectivity index (χ0v) is 16.0. The largest absolute Gasteiger partial charge is 0.478 e. The molecule has 6 nitrogen and oxygen atoms in total. The molecule has 0 unspecified atom stereocenters. The number of hydrogen-bond acceptors (Lipinski definition) is 5. The third-order valence-electron chi connectivity index (χ3n) is 3.79. The highest BCUT2D eigenvalue weighted by atomic mass is 16.5. The van der Waals surface area contributed by atoms with Crippen LogP contribution in [0.15, 0.2) is 60.7 Å². The van der Waals surface area contributed by atoms with Crippen LogP contribution in [0.1, 0.15) is 41.3 Å². The third kappa shape index (κ3) is 7.84. The average Bonchev–Trinajstić information content (AvgIpc) is 2.71. The first kappa shape index (κ1) is 21.6. The van der Waals surface area contributed by atoms with Crippen LogP contribution in [0.2, 0.25) is 0 Å². The van der Waals surface area contributed by atoms with Gasteiger partial charge in [0.05, 0.1) is 12.2 Å². The van der Waals surface area contributed by atoms with Crippen LogP contribution in [-0.2, 0) is 14.3 Å². The molecular weight excluding hydrogens is 372 g/mol. The van der Waals surface area contributed by atoms with E-state index in [9.17, 15) is 14.4 Å². The number of rotatable bonds is 9. The summed E-state index contributed by atoms with van der Waals surface area (Å²) in [6.07, 6.45) is 7.10. The van der Waals surface area contributed by atoms with Gasteiger partial charge in [-0.3, -0.25) is 0 Å². The monoisotopic (exact) mass is 394 g/mol. The van der Waals surface area contributed by atoms with Crippen molar-refractivity contribution in [3.63, 3.8) is 0 Å². The zero-order chi connectivity index (χ0) is 21.1. The first-order valence-electron chi connectivity index (χ1n) is 9.16. The smallest absolute Gasteiger partial charge is 0.338 e. The van der Waals surface area contributed by atoms with E-state index >= 15 is 0 Å². The maximum absolute atomic E-state index is 12.0. The third-order valence-corrected chi connectivity index (χ3v) is 3.79. The standard InChI is InChI=1S/C23H22O6/c1-2-3-15-28-23(27)19-5-4-6-20(16-19)29-22(26)14-12-18-9-7-17(8-10-18)11-13-21(24)25/h4-14,16H,2-3,15H2,1H3,(H,24,25)/b13-11+,14-12+. The second-order valence-corrected chi connectivity index (χ2v) is 6.11. The molecule has 150 valence electrons. The van der Waals surface area contributed by atoms with Crippen LogP contribution >= 0.6 is 0 Å². The second kappa shape index (κ2) is 11.2. The fourth-order valence-electron chi connectivity index (χ4n) is 2.28. The van der Waals surface area contributed by atoms with Crippen LogP contribution in [-0.4, -0.2) is 29.6 Å². The summed E-state index contributed by atoms with van der Waals surface area (Å²) >= 11 is 0. The summed E-state index contributed by atoms with van der Waals surface area (Å²) in [5.41, 5.74) is 1.80. The molecule has 2 aromatic carbocycles. The van der Waals surface area contributed by atoms with Crippen LogP contribution in [0.25, 0.3) is 12.2 Å². The Morgan fingerprint density at radius 2 is 1.62 bits per heavy atom. The highest BCUT2D eigenvalue weighted by Gasteiger charge is 2.09. The number of ether oxygens (including phenoxy) is 2. The van der Waals surface area contributed by atoms with Gasteiger partial charge in [-0.15, -0.1) is 0 Å². The molecular formula is C23H22O6. The van der Waals surface area contributed by atoms with Crippen LogP contribution in [0.4, 0.5) is 0 Å². The molecule has 0 aromatic heterocycles. The normalized spacial score (nSPS) is 10.9. The molecule has 1 N–H and O–H groups in total. The van der Waals surface area contributed by atoms with Crippen LogP contribution in [0, 0.1) is 0 Å². The van der Waals surface area contributed by atoms with Gasteiger partial charge < -0.3 is 14.6 Å². The topological polar surface area (TPSA) is 89.9 Å². The number of unbranched alkanes of at least 4 members (excludes halogenated alkanes) is 1. The Morgan fingerprint density at radius 3 is 2.24 bits per heavy atom. The predicted molar refractivity (Wildman–Crippen MR) is 109 cm³/mol. The van der Waals surface area contributed by atoms with Gasteiger partial charge in [0.25, 0.3) is 0 Å². The van der Waals surface area contributed by atoms with Gasteiger partial charge in [-0.25, -0.2) is 14.4 Å². The number of aliphatic carboxylic acids is 1. The summed E-state index contributed by atoms with van der Waals surface area (Å²) in [4.78, 5) is 34.5. The Morgan fingerprint density at radius 1 is 0.966 bits per heavy atom. The fourth-order valence-corrected chi connectivity index (χ4v) is 2.28. The molecule has 0 amide bonds. The van der Waals surface area contributed by atoms with Crippen molar-refractivity contribution in [2.24, 2.45) is 0 Å². The lowest BCUT2D eigenvalue weighted by molar-refractivity contribution is -0.131. The predicted octanol–water partition coefficient (Wildman–Crippen LogP) is 4.36. The van der Waals surface area contributed by atoms with Crippen molar-refractivity contribution in [3.05, 3.63) is 77.4 Å². The Hall–Kier alpha value is -3.67. The average molecular weight is 394 g/mol. The summed E-state index contributed by atoms with van der Waals surface area (Å²) in [5, 5.41) is 8.62. The van der Waals surface area contributed by atoms with Gasteiger partial charge in [0.2, 0.25) is 0 Å². The van der Waals surface area contributed by atoms with Crippen molar-refractivity contribution >= 4 is 30.1 Å². The van der Waals surface area contributed by atoms with E-state index in [0.29, 0.717) is 12.2 Å². The minimum atomic E-state index is -1.02. The summed E-state index contributed by atoms with van der Waals surface area (Å²) in [6.45, 7) is 2.36. The number of carbonyl (C=O) groups excluding carboxylic acids is 2. The van der Waals surface area contributed by atoms with Gasteiger partial charge >= 0.3 is 17.9 Å². The van der Waals surface area contributed by atoms with Crippen LogP contribution < -0.4 is 4.74 Å².